The summed E-state index contributed by atoms with van der Waals surface area (Å²) in [7, 11) is 0. The second-order valence-corrected chi connectivity index (χ2v) is 14.1. The molecule has 0 aromatic heterocycles. The van der Waals surface area contributed by atoms with E-state index in [4.69, 9.17) is 9.47 Å². The minimum Gasteiger partial charge on any atom is -0.490 e. The zero-order valence-electron chi connectivity index (χ0n) is 32.6. The minimum absolute atomic E-state index is 0.0830. The van der Waals surface area contributed by atoms with E-state index in [-0.39, 0.29) is 22.4 Å². The Labute approximate surface area is 344 Å². The van der Waals surface area contributed by atoms with Gasteiger partial charge in [-0.3, -0.25) is 19.3 Å². The molecule has 0 atom stereocenters. The fourth-order valence-corrected chi connectivity index (χ4v) is 7.44. The number of rotatable bonds is 16. The SMILES string of the molecule is C=C/C=C\C(=C/C)N1C(=O)/C(=C/c2cc(CC=C)c(OCc3cccc4ccccc34)c(OCC)c2)C(=O)N=C1SCC(=O)NC(c1ccccc1)c1ccccc1. The molecule has 1 heterocycles. The Bertz CT molecular complexity index is 2390. The molecule has 5 aromatic rings. The Hall–Kier alpha value is -6.71. The molecule has 0 saturated carbocycles. The highest BCUT2D eigenvalue weighted by molar-refractivity contribution is 8.14. The van der Waals surface area contributed by atoms with Crippen LogP contribution in [0.5, 0.6) is 11.5 Å². The molecule has 1 aliphatic heterocycles. The van der Waals surface area contributed by atoms with E-state index in [0.717, 1.165) is 44.8 Å². The summed E-state index contributed by atoms with van der Waals surface area (Å²) in [6.07, 6.45) is 10.4. The van der Waals surface area contributed by atoms with Crippen molar-refractivity contribution in [3.63, 3.8) is 0 Å². The van der Waals surface area contributed by atoms with Crippen LogP contribution in [0.3, 0.4) is 0 Å². The van der Waals surface area contributed by atoms with Gasteiger partial charge < -0.3 is 14.8 Å². The zero-order valence-corrected chi connectivity index (χ0v) is 33.4. The van der Waals surface area contributed by atoms with Crippen LogP contribution >= 0.6 is 11.8 Å². The quantitative estimate of drug-likeness (QED) is 0.0463. The highest BCUT2D eigenvalue weighted by Gasteiger charge is 2.35. The van der Waals surface area contributed by atoms with Gasteiger partial charge in [-0.2, -0.15) is 4.99 Å². The maximum absolute atomic E-state index is 14.4. The molecule has 1 aliphatic rings. The van der Waals surface area contributed by atoms with Crippen LogP contribution in [-0.4, -0.2) is 40.1 Å². The highest BCUT2D eigenvalue weighted by Crippen LogP contribution is 2.37. The van der Waals surface area contributed by atoms with Crippen molar-refractivity contribution in [3.8, 4) is 11.5 Å². The third-order valence-corrected chi connectivity index (χ3v) is 10.2. The summed E-state index contributed by atoms with van der Waals surface area (Å²) < 4.78 is 12.6. The number of ether oxygens (including phenoxy) is 2. The number of carbonyl (C=O) groups is 3. The second-order valence-electron chi connectivity index (χ2n) is 13.2. The number of allylic oxidation sites excluding steroid dienone is 5. The largest absolute Gasteiger partial charge is 0.490 e. The Morgan fingerprint density at radius 3 is 2.24 bits per heavy atom. The van der Waals surface area contributed by atoms with Gasteiger partial charge in [-0.05, 0) is 77.6 Å². The summed E-state index contributed by atoms with van der Waals surface area (Å²) >= 11 is 1.01. The van der Waals surface area contributed by atoms with E-state index >= 15 is 0 Å². The number of nitrogens with one attached hydrogen (secondary N) is 1. The van der Waals surface area contributed by atoms with E-state index in [1.54, 1.807) is 43.4 Å². The molecular formula is C49H45N3O5S. The van der Waals surface area contributed by atoms with Gasteiger partial charge in [-0.1, -0.05) is 146 Å². The summed E-state index contributed by atoms with van der Waals surface area (Å²) in [4.78, 5) is 47.5. The maximum Gasteiger partial charge on any atom is 0.285 e. The van der Waals surface area contributed by atoms with Crippen molar-refractivity contribution in [1.82, 2.24) is 10.2 Å². The summed E-state index contributed by atoms with van der Waals surface area (Å²) in [5.41, 5.74) is 4.50. The lowest BCUT2D eigenvalue weighted by Gasteiger charge is -2.28. The van der Waals surface area contributed by atoms with Crippen LogP contribution in [0.25, 0.3) is 16.8 Å². The molecule has 292 valence electrons. The van der Waals surface area contributed by atoms with Gasteiger partial charge in [0.25, 0.3) is 11.8 Å². The molecule has 0 bridgehead atoms. The van der Waals surface area contributed by atoms with Crippen molar-refractivity contribution in [1.29, 1.82) is 0 Å². The lowest BCUT2D eigenvalue weighted by atomic mass is 9.99. The fourth-order valence-electron chi connectivity index (χ4n) is 6.63. The first-order valence-corrected chi connectivity index (χ1v) is 20.0. The summed E-state index contributed by atoms with van der Waals surface area (Å²) in [6, 6.07) is 36.8. The summed E-state index contributed by atoms with van der Waals surface area (Å²) in [6.45, 7) is 12.0. The van der Waals surface area contributed by atoms with Gasteiger partial charge in [0.15, 0.2) is 16.7 Å². The number of thioether (sulfide) groups is 1. The lowest BCUT2D eigenvalue weighted by Crippen LogP contribution is -2.42. The molecule has 0 aliphatic carbocycles. The number of hydrogen-bond acceptors (Lipinski definition) is 6. The molecule has 1 N–H and O–H groups in total. The molecular weight excluding hydrogens is 743 g/mol. The second kappa shape index (κ2) is 19.9. The number of hydrogen-bond donors (Lipinski definition) is 1. The standard InChI is InChI=1S/C49H45N3O5S/c1-5-9-27-40(7-3)52-48(55)42(47(54)51-49(52)58-33-44(53)50-45(36-21-12-10-13-22-36)37-23-14-11-15-24-37)30-34-29-38(19-6-2)46(43(31-34)56-8-4)57-32-39-26-18-25-35-20-16-17-28-41(35)39/h5-7,9-18,20-31,45H,1-2,8,19,32-33H2,3-4H3,(H,50,53)/b27-9-,40-7+,42-30+. The monoisotopic (exact) mass is 787 g/mol. The molecule has 6 rings (SSSR count). The van der Waals surface area contributed by atoms with Crippen molar-refractivity contribution in [2.45, 2.75) is 32.9 Å². The topological polar surface area (TPSA) is 97.3 Å². The van der Waals surface area contributed by atoms with Crippen LogP contribution in [0.15, 0.2) is 175 Å². The Kier molecular flexibility index (Phi) is 14.1. The van der Waals surface area contributed by atoms with Crippen LogP contribution in [0.4, 0.5) is 0 Å². The fraction of sp³-hybridized carbons (Fsp3) is 0.143. The van der Waals surface area contributed by atoms with Crippen molar-refractivity contribution in [2.24, 2.45) is 4.99 Å². The third kappa shape index (κ3) is 9.80. The van der Waals surface area contributed by atoms with Crippen LogP contribution in [-0.2, 0) is 27.4 Å². The van der Waals surface area contributed by atoms with Gasteiger partial charge in [0.2, 0.25) is 5.91 Å². The minimum atomic E-state index is -0.724. The molecule has 5 aromatic carbocycles. The first kappa shape index (κ1) is 40.9. The number of aliphatic imine (C=N–C) groups is 1. The first-order valence-electron chi connectivity index (χ1n) is 19.0. The van der Waals surface area contributed by atoms with Crippen LogP contribution in [0.1, 0.15) is 47.7 Å². The van der Waals surface area contributed by atoms with E-state index in [2.05, 4.69) is 41.7 Å². The van der Waals surface area contributed by atoms with Crippen molar-refractivity contribution in [3.05, 3.63) is 198 Å². The van der Waals surface area contributed by atoms with E-state index in [1.165, 1.54) is 11.0 Å². The lowest BCUT2D eigenvalue weighted by molar-refractivity contribution is -0.126. The number of nitrogens with zero attached hydrogens (tertiary/aromatic N) is 2. The number of fused-ring (bicyclic) bond motifs is 1. The molecule has 9 heteroatoms. The average Bonchev–Trinajstić information content (AvgIpc) is 3.25. The smallest absolute Gasteiger partial charge is 0.285 e. The highest BCUT2D eigenvalue weighted by atomic mass is 32.2. The van der Waals surface area contributed by atoms with Crippen LogP contribution in [0.2, 0.25) is 0 Å². The predicted octanol–water partition coefficient (Wildman–Crippen LogP) is 9.94. The molecule has 0 radical (unpaired) electrons. The first-order chi connectivity index (χ1) is 28.3. The molecule has 0 fully saturated rings. The van der Waals surface area contributed by atoms with E-state index < -0.39 is 17.9 Å². The van der Waals surface area contributed by atoms with Crippen molar-refractivity contribution >= 4 is 51.5 Å². The molecule has 0 saturated heterocycles. The van der Waals surface area contributed by atoms with Gasteiger partial charge in [-0.25, -0.2) is 0 Å². The number of carbonyl (C=O) groups excluding carboxylic acids is 3. The van der Waals surface area contributed by atoms with Gasteiger partial charge >= 0.3 is 0 Å². The molecule has 0 unspecified atom stereocenters. The van der Waals surface area contributed by atoms with Gasteiger partial charge in [0.05, 0.1) is 18.4 Å². The summed E-state index contributed by atoms with van der Waals surface area (Å²) in [5, 5.41) is 5.42. The van der Waals surface area contributed by atoms with E-state index in [9.17, 15) is 14.4 Å². The number of amidine groups is 1. The molecule has 58 heavy (non-hydrogen) atoms. The van der Waals surface area contributed by atoms with Crippen LogP contribution in [0, 0.1) is 0 Å². The Morgan fingerprint density at radius 1 is 0.879 bits per heavy atom. The molecule has 0 spiro atoms. The van der Waals surface area contributed by atoms with Crippen molar-refractivity contribution < 1.29 is 23.9 Å². The number of amides is 3. The molecule has 8 nitrogen and oxygen atoms in total. The Balaban J connectivity index is 1.30. The van der Waals surface area contributed by atoms with Crippen molar-refractivity contribution in [2.75, 3.05) is 12.4 Å². The average molecular weight is 788 g/mol. The zero-order chi connectivity index (χ0) is 40.9. The van der Waals surface area contributed by atoms with E-state index in [1.807, 2.05) is 97.9 Å². The van der Waals surface area contributed by atoms with Gasteiger partial charge in [-0.15, -0.1) is 6.58 Å². The normalized spacial score (nSPS) is 13.9. The summed E-state index contributed by atoms with van der Waals surface area (Å²) in [5.74, 6) is -0.678. The van der Waals surface area contributed by atoms with E-state index in [0.29, 0.717) is 42.4 Å². The predicted molar refractivity (Wildman–Crippen MR) is 235 cm³/mol. The Morgan fingerprint density at radius 2 is 1.57 bits per heavy atom. The third-order valence-electron chi connectivity index (χ3n) is 9.29. The van der Waals surface area contributed by atoms with Gasteiger partial charge in [0, 0.05) is 11.3 Å². The van der Waals surface area contributed by atoms with Gasteiger partial charge in [0.1, 0.15) is 12.2 Å². The van der Waals surface area contributed by atoms with Crippen LogP contribution < -0.4 is 14.8 Å². The number of benzene rings is 5. The maximum atomic E-state index is 14.4. The molecule has 3 amide bonds.